The zero-order valence-corrected chi connectivity index (χ0v) is 37.1. The third-order valence-corrected chi connectivity index (χ3v) is 12.7. The molecule has 320 valence electrons. The van der Waals surface area contributed by atoms with E-state index in [1.165, 1.54) is 38.5 Å². The number of nitrogens with zero attached hydrogens (tertiary/aromatic N) is 5. The van der Waals surface area contributed by atoms with Gasteiger partial charge in [0.15, 0.2) is 17.5 Å². The molecule has 0 unspecified atom stereocenters. The Morgan fingerprint density at radius 2 is 0.721 bits per heavy atom. The number of fused-ring (bicyclic) bond motifs is 3. The maximum Gasteiger partial charge on any atom is 0.164 e. The molecule has 5 nitrogen and oxygen atoms in total. The predicted molar refractivity (Wildman–Crippen MR) is 281 cm³/mol. The fraction of sp³-hybridized carbons (Fsp3) is 0. The predicted octanol–water partition coefficient (Wildman–Crippen LogP) is 16.4. The van der Waals surface area contributed by atoms with Gasteiger partial charge in [-0.25, -0.2) is 15.0 Å². The highest BCUT2D eigenvalue weighted by molar-refractivity contribution is 6.10. The van der Waals surface area contributed by atoms with Crippen LogP contribution in [0.1, 0.15) is 0 Å². The van der Waals surface area contributed by atoms with Gasteiger partial charge in [-0.2, -0.15) is 0 Å². The van der Waals surface area contributed by atoms with Crippen LogP contribution < -0.4 is 4.90 Å². The zero-order chi connectivity index (χ0) is 45.2. The van der Waals surface area contributed by atoms with Crippen LogP contribution in [0.15, 0.2) is 261 Å². The van der Waals surface area contributed by atoms with Crippen LogP contribution in [0.4, 0.5) is 17.1 Å². The molecule has 5 heteroatoms. The van der Waals surface area contributed by atoms with Gasteiger partial charge in [-0.1, -0.05) is 194 Å². The van der Waals surface area contributed by atoms with Gasteiger partial charge in [-0.05, 0) is 100 Å². The number of anilines is 3. The normalized spacial score (nSPS) is 11.2. The van der Waals surface area contributed by atoms with E-state index in [2.05, 4.69) is 210 Å². The fourth-order valence-corrected chi connectivity index (χ4v) is 9.36. The summed E-state index contributed by atoms with van der Waals surface area (Å²) in [5.74, 6) is 1.88. The summed E-state index contributed by atoms with van der Waals surface area (Å²) in [7, 11) is 0. The highest BCUT2D eigenvalue weighted by Crippen LogP contribution is 2.41. The van der Waals surface area contributed by atoms with E-state index in [1.54, 1.807) is 0 Å². The molecule has 0 aliphatic heterocycles. The first-order valence-corrected chi connectivity index (χ1v) is 22.9. The van der Waals surface area contributed by atoms with Gasteiger partial charge in [0.1, 0.15) is 0 Å². The number of hydrogen-bond acceptors (Lipinski definition) is 4. The van der Waals surface area contributed by atoms with Crippen molar-refractivity contribution >= 4 is 38.9 Å². The van der Waals surface area contributed by atoms with Crippen molar-refractivity contribution in [2.45, 2.75) is 0 Å². The molecule has 0 saturated heterocycles. The van der Waals surface area contributed by atoms with Crippen LogP contribution in [0.5, 0.6) is 0 Å². The smallest absolute Gasteiger partial charge is 0.164 e. The standard InChI is InChI=1S/C63H43N5/c1-5-18-44(19-6-1)45-32-37-52(38-33-45)67(53-39-34-46(35-40-53)49-36-41-60-58(43-49)56-29-15-16-31-59(56)68(60)51-25-11-4-12-26-51)54-27-17-24-50(42-54)55-28-13-14-30-57(55)63-65-61(47-20-7-2-8-21-47)64-62(66-63)48-22-9-3-10-23-48/h1-43H. The Kier molecular flexibility index (Phi) is 10.5. The Balaban J connectivity index is 0.952. The Bertz CT molecular complexity index is 3640. The summed E-state index contributed by atoms with van der Waals surface area (Å²) in [6.07, 6.45) is 0. The number of hydrogen-bond donors (Lipinski definition) is 0. The second-order valence-electron chi connectivity index (χ2n) is 16.8. The minimum atomic E-state index is 0.616. The first-order chi connectivity index (χ1) is 33.7. The summed E-state index contributed by atoms with van der Waals surface area (Å²) < 4.78 is 2.36. The van der Waals surface area contributed by atoms with Gasteiger partial charge in [0.2, 0.25) is 0 Å². The van der Waals surface area contributed by atoms with Crippen molar-refractivity contribution in [3.63, 3.8) is 0 Å². The third kappa shape index (κ3) is 7.68. The van der Waals surface area contributed by atoms with E-state index >= 15 is 0 Å². The number of rotatable bonds is 10. The van der Waals surface area contributed by atoms with E-state index in [-0.39, 0.29) is 0 Å². The molecule has 10 aromatic carbocycles. The summed E-state index contributed by atoms with van der Waals surface area (Å²) in [6, 6.07) is 91.9. The van der Waals surface area contributed by atoms with Crippen molar-refractivity contribution in [3.05, 3.63) is 261 Å². The van der Waals surface area contributed by atoms with Crippen LogP contribution in [-0.4, -0.2) is 19.5 Å². The Hall–Kier alpha value is -9.19. The van der Waals surface area contributed by atoms with Crippen molar-refractivity contribution in [1.82, 2.24) is 19.5 Å². The Morgan fingerprint density at radius 1 is 0.265 bits per heavy atom. The monoisotopic (exact) mass is 869 g/mol. The molecule has 2 aromatic heterocycles. The van der Waals surface area contributed by atoms with Gasteiger partial charge in [0.05, 0.1) is 11.0 Å². The molecule has 0 fully saturated rings. The van der Waals surface area contributed by atoms with Crippen molar-refractivity contribution in [1.29, 1.82) is 0 Å². The molecule has 0 aliphatic rings. The lowest BCUT2D eigenvalue weighted by molar-refractivity contribution is 1.07. The first-order valence-electron chi connectivity index (χ1n) is 22.9. The van der Waals surface area contributed by atoms with Crippen molar-refractivity contribution in [3.8, 4) is 73.2 Å². The largest absolute Gasteiger partial charge is 0.310 e. The minimum absolute atomic E-state index is 0.616. The Morgan fingerprint density at radius 3 is 1.35 bits per heavy atom. The summed E-state index contributed by atoms with van der Waals surface area (Å²) >= 11 is 0. The van der Waals surface area contributed by atoms with Gasteiger partial charge >= 0.3 is 0 Å². The quantitative estimate of drug-likeness (QED) is 0.137. The van der Waals surface area contributed by atoms with Crippen molar-refractivity contribution in [2.24, 2.45) is 0 Å². The molecule has 12 aromatic rings. The van der Waals surface area contributed by atoms with E-state index < -0.39 is 0 Å². The summed E-state index contributed by atoms with van der Waals surface area (Å²) in [4.78, 5) is 17.5. The van der Waals surface area contributed by atoms with Gasteiger partial charge < -0.3 is 9.47 Å². The molecular formula is C63H43N5. The minimum Gasteiger partial charge on any atom is -0.310 e. The Labute approximate surface area is 395 Å². The van der Waals surface area contributed by atoms with E-state index in [0.717, 1.165) is 56.1 Å². The molecule has 0 amide bonds. The van der Waals surface area contributed by atoms with E-state index in [0.29, 0.717) is 17.5 Å². The van der Waals surface area contributed by atoms with Crippen LogP contribution in [0.3, 0.4) is 0 Å². The van der Waals surface area contributed by atoms with Crippen molar-refractivity contribution in [2.75, 3.05) is 4.90 Å². The SMILES string of the molecule is c1ccc(-c2ccc(N(c3ccc(-c4ccc5c(c4)c4ccccc4n5-c4ccccc4)cc3)c3cccc(-c4ccccc4-c4nc(-c5ccccc5)nc(-c5ccccc5)n4)c3)cc2)cc1. The van der Waals surface area contributed by atoms with E-state index in [1.807, 2.05) is 60.7 Å². The van der Waals surface area contributed by atoms with Gasteiger partial charge in [-0.3, -0.25) is 0 Å². The molecule has 12 rings (SSSR count). The van der Waals surface area contributed by atoms with Crippen molar-refractivity contribution < 1.29 is 0 Å². The fourth-order valence-electron chi connectivity index (χ4n) is 9.36. The van der Waals surface area contributed by atoms with Crippen LogP contribution in [0, 0.1) is 0 Å². The second-order valence-corrected chi connectivity index (χ2v) is 16.8. The van der Waals surface area contributed by atoms with Crippen LogP contribution in [0.2, 0.25) is 0 Å². The molecule has 0 saturated carbocycles. The molecule has 0 atom stereocenters. The van der Waals surface area contributed by atoms with E-state index in [9.17, 15) is 0 Å². The molecule has 0 radical (unpaired) electrons. The highest BCUT2D eigenvalue weighted by atomic mass is 15.1. The number of aromatic nitrogens is 4. The molecule has 0 spiro atoms. The van der Waals surface area contributed by atoms with Crippen LogP contribution in [0.25, 0.3) is 95.0 Å². The summed E-state index contributed by atoms with van der Waals surface area (Å²) in [6.45, 7) is 0. The third-order valence-electron chi connectivity index (χ3n) is 12.7. The average molecular weight is 870 g/mol. The average Bonchev–Trinajstić information content (AvgIpc) is 3.76. The van der Waals surface area contributed by atoms with E-state index in [4.69, 9.17) is 15.0 Å². The zero-order valence-electron chi connectivity index (χ0n) is 37.1. The summed E-state index contributed by atoms with van der Waals surface area (Å²) in [5, 5.41) is 2.47. The molecular weight excluding hydrogens is 827 g/mol. The second kappa shape index (κ2) is 17.7. The molecule has 0 N–H and O–H groups in total. The molecule has 0 aliphatic carbocycles. The number of para-hydroxylation sites is 2. The maximum absolute atomic E-state index is 5.12. The first kappa shape index (κ1) is 40.3. The molecule has 68 heavy (non-hydrogen) atoms. The highest BCUT2D eigenvalue weighted by Gasteiger charge is 2.19. The van der Waals surface area contributed by atoms with Gasteiger partial charge in [0.25, 0.3) is 0 Å². The molecule has 0 bridgehead atoms. The van der Waals surface area contributed by atoms with Crippen LogP contribution in [-0.2, 0) is 0 Å². The molecule has 2 heterocycles. The maximum atomic E-state index is 5.12. The van der Waals surface area contributed by atoms with Crippen LogP contribution >= 0.6 is 0 Å². The van der Waals surface area contributed by atoms with Gasteiger partial charge in [0, 0.05) is 50.2 Å². The van der Waals surface area contributed by atoms with Gasteiger partial charge in [-0.15, -0.1) is 0 Å². The summed E-state index contributed by atoms with van der Waals surface area (Å²) in [5.41, 5.74) is 16.2. The lowest BCUT2D eigenvalue weighted by Crippen LogP contribution is -2.10. The topological polar surface area (TPSA) is 46.8 Å². The number of benzene rings is 10. The lowest BCUT2D eigenvalue weighted by Gasteiger charge is -2.26. The lowest BCUT2D eigenvalue weighted by atomic mass is 9.98.